The maximum Gasteiger partial charge on any atom is 0.250 e. The molecule has 4 aromatic heterocycles. The van der Waals surface area contributed by atoms with Gasteiger partial charge in [0.2, 0.25) is 0 Å². The van der Waals surface area contributed by atoms with Crippen LogP contribution in [-0.2, 0) is 6.42 Å². The van der Waals surface area contributed by atoms with Gasteiger partial charge in [-0.25, -0.2) is 23.9 Å². The largest absolute Gasteiger partial charge is 0.303 e. The van der Waals surface area contributed by atoms with Gasteiger partial charge in [0.05, 0.1) is 35.6 Å². The van der Waals surface area contributed by atoms with E-state index in [2.05, 4.69) is 26.0 Å². The minimum absolute atomic E-state index is 0.366. The SMILES string of the molecule is Fc1cc(-c2cnc3ncc(Cc4cccc5cccnc45)n3n2)ccc1-n1ccnc1. The van der Waals surface area contributed by atoms with Gasteiger partial charge >= 0.3 is 0 Å². The molecule has 0 aliphatic heterocycles. The molecule has 8 heteroatoms. The van der Waals surface area contributed by atoms with E-state index in [1.165, 1.54) is 6.07 Å². The first-order chi connectivity index (χ1) is 15.8. The van der Waals surface area contributed by atoms with Gasteiger partial charge in [0.15, 0.2) is 0 Å². The Morgan fingerprint density at radius 2 is 1.81 bits per heavy atom. The zero-order chi connectivity index (χ0) is 21.5. The van der Waals surface area contributed by atoms with Gasteiger partial charge in [-0.15, -0.1) is 0 Å². The molecule has 32 heavy (non-hydrogen) atoms. The Hall–Kier alpha value is -4.46. The molecule has 2 aromatic carbocycles. The molecule has 0 spiro atoms. The normalized spacial score (nSPS) is 11.4. The van der Waals surface area contributed by atoms with Gasteiger partial charge in [0.25, 0.3) is 5.78 Å². The van der Waals surface area contributed by atoms with Crippen LogP contribution in [0.2, 0.25) is 0 Å². The first kappa shape index (κ1) is 18.3. The predicted octanol–water partition coefficient (Wildman–Crippen LogP) is 4.26. The number of nitrogens with zero attached hydrogens (tertiary/aromatic N) is 7. The van der Waals surface area contributed by atoms with Crippen molar-refractivity contribution in [1.82, 2.24) is 34.1 Å². The van der Waals surface area contributed by atoms with Crippen molar-refractivity contribution in [3.8, 4) is 16.9 Å². The lowest BCUT2D eigenvalue weighted by Crippen LogP contribution is -2.03. The third-order valence-corrected chi connectivity index (χ3v) is 5.41. The Kier molecular flexibility index (Phi) is 4.21. The molecule has 0 radical (unpaired) electrons. The molecule has 0 saturated carbocycles. The summed E-state index contributed by atoms with van der Waals surface area (Å²) < 4.78 is 18.1. The van der Waals surface area contributed by atoms with Crippen molar-refractivity contribution in [3.05, 3.63) is 103 Å². The van der Waals surface area contributed by atoms with Crippen LogP contribution in [0.4, 0.5) is 4.39 Å². The van der Waals surface area contributed by atoms with Crippen LogP contribution < -0.4 is 0 Å². The summed E-state index contributed by atoms with van der Waals surface area (Å²) in [5.41, 5.74) is 4.52. The average Bonchev–Trinajstić information content (AvgIpc) is 3.50. The molecule has 0 aliphatic rings. The van der Waals surface area contributed by atoms with Crippen LogP contribution >= 0.6 is 0 Å². The summed E-state index contributed by atoms with van der Waals surface area (Å²) in [4.78, 5) is 17.3. The van der Waals surface area contributed by atoms with Crippen molar-refractivity contribution in [2.45, 2.75) is 6.42 Å². The average molecular weight is 421 g/mol. The molecule has 0 atom stereocenters. The highest BCUT2D eigenvalue weighted by Gasteiger charge is 2.13. The van der Waals surface area contributed by atoms with Crippen LogP contribution in [0.3, 0.4) is 0 Å². The topological polar surface area (TPSA) is 73.8 Å². The van der Waals surface area contributed by atoms with Crippen molar-refractivity contribution in [2.75, 3.05) is 0 Å². The first-order valence-electron chi connectivity index (χ1n) is 10.1. The van der Waals surface area contributed by atoms with Crippen LogP contribution in [-0.4, -0.2) is 34.1 Å². The molecule has 4 heterocycles. The molecular weight excluding hydrogens is 405 g/mol. The predicted molar refractivity (Wildman–Crippen MR) is 118 cm³/mol. The van der Waals surface area contributed by atoms with E-state index in [-0.39, 0.29) is 5.82 Å². The summed E-state index contributed by atoms with van der Waals surface area (Å²) in [6, 6.07) is 15.1. The van der Waals surface area contributed by atoms with E-state index in [4.69, 9.17) is 5.10 Å². The van der Waals surface area contributed by atoms with Crippen LogP contribution in [0, 0.1) is 5.82 Å². The monoisotopic (exact) mass is 421 g/mol. The summed E-state index contributed by atoms with van der Waals surface area (Å²) in [6.07, 6.45) is 10.6. The van der Waals surface area contributed by atoms with Crippen LogP contribution in [0.25, 0.3) is 33.6 Å². The number of benzene rings is 2. The lowest BCUT2D eigenvalue weighted by molar-refractivity contribution is 0.618. The van der Waals surface area contributed by atoms with Crippen molar-refractivity contribution in [1.29, 1.82) is 0 Å². The highest BCUT2D eigenvalue weighted by Crippen LogP contribution is 2.23. The second-order valence-corrected chi connectivity index (χ2v) is 7.41. The number of fused-ring (bicyclic) bond motifs is 2. The van der Waals surface area contributed by atoms with E-state index in [1.807, 2.05) is 30.3 Å². The third kappa shape index (κ3) is 3.09. The van der Waals surface area contributed by atoms with Crippen LogP contribution in [0.15, 0.2) is 85.8 Å². The lowest BCUT2D eigenvalue weighted by atomic mass is 10.1. The zero-order valence-electron chi connectivity index (χ0n) is 16.8. The molecule has 154 valence electrons. The summed E-state index contributed by atoms with van der Waals surface area (Å²) in [5, 5.41) is 5.78. The van der Waals surface area contributed by atoms with Gasteiger partial charge in [0, 0.05) is 36.0 Å². The van der Waals surface area contributed by atoms with Crippen LogP contribution in [0.1, 0.15) is 11.3 Å². The van der Waals surface area contributed by atoms with Gasteiger partial charge in [-0.05, 0) is 23.8 Å². The van der Waals surface area contributed by atoms with Gasteiger partial charge in [0.1, 0.15) is 11.5 Å². The Bertz CT molecular complexity index is 1570. The number of pyridine rings is 1. The molecule has 6 aromatic rings. The van der Waals surface area contributed by atoms with Crippen molar-refractivity contribution < 1.29 is 4.39 Å². The van der Waals surface area contributed by atoms with Gasteiger partial charge < -0.3 is 4.57 Å². The van der Waals surface area contributed by atoms with Crippen molar-refractivity contribution >= 4 is 16.7 Å². The molecule has 0 unspecified atom stereocenters. The number of aromatic nitrogens is 7. The van der Waals surface area contributed by atoms with E-state index in [0.29, 0.717) is 29.1 Å². The number of halogens is 1. The molecular formula is C24H16FN7. The maximum absolute atomic E-state index is 14.7. The molecule has 0 N–H and O–H groups in total. The Morgan fingerprint density at radius 3 is 2.69 bits per heavy atom. The second kappa shape index (κ2) is 7.35. The Morgan fingerprint density at radius 1 is 0.906 bits per heavy atom. The zero-order valence-corrected chi connectivity index (χ0v) is 16.8. The highest BCUT2D eigenvalue weighted by molar-refractivity contribution is 5.81. The maximum atomic E-state index is 14.7. The summed E-state index contributed by atoms with van der Waals surface area (Å²) in [6.45, 7) is 0. The van der Waals surface area contributed by atoms with E-state index >= 15 is 0 Å². The molecule has 0 aliphatic carbocycles. The first-order valence-corrected chi connectivity index (χ1v) is 10.1. The smallest absolute Gasteiger partial charge is 0.250 e. The molecule has 6 rings (SSSR count). The van der Waals surface area contributed by atoms with Gasteiger partial charge in [-0.3, -0.25) is 4.98 Å². The van der Waals surface area contributed by atoms with Crippen LogP contribution in [0.5, 0.6) is 0 Å². The Labute approximate surface area is 181 Å². The standard InChI is InChI=1S/C24H16FN7/c25-20-12-17(6-7-22(20)31-10-9-26-15-31)21-14-29-24-28-13-19(32(24)30-21)11-18-4-1-3-16-5-2-8-27-23(16)18/h1-10,12-15H,11H2. The van der Waals surface area contributed by atoms with Crippen molar-refractivity contribution in [3.63, 3.8) is 0 Å². The summed E-state index contributed by atoms with van der Waals surface area (Å²) in [5.74, 6) is 0.127. The van der Waals surface area contributed by atoms with Gasteiger partial charge in [-0.2, -0.15) is 5.10 Å². The van der Waals surface area contributed by atoms with E-state index < -0.39 is 0 Å². The quantitative estimate of drug-likeness (QED) is 0.425. The number of hydrogen-bond acceptors (Lipinski definition) is 5. The number of rotatable bonds is 4. The minimum Gasteiger partial charge on any atom is -0.303 e. The number of para-hydroxylation sites is 1. The fourth-order valence-electron chi connectivity index (χ4n) is 3.85. The fraction of sp³-hybridized carbons (Fsp3) is 0.0417. The molecule has 0 amide bonds. The highest BCUT2D eigenvalue weighted by atomic mass is 19.1. The second-order valence-electron chi connectivity index (χ2n) is 7.41. The fourth-order valence-corrected chi connectivity index (χ4v) is 3.85. The summed E-state index contributed by atoms with van der Waals surface area (Å²) in [7, 11) is 0. The van der Waals surface area contributed by atoms with E-state index in [1.54, 1.807) is 52.5 Å². The van der Waals surface area contributed by atoms with E-state index in [9.17, 15) is 4.39 Å². The minimum atomic E-state index is -0.366. The number of imidazole rings is 2. The molecule has 0 saturated heterocycles. The third-order valence-electron chi connectivity index (χ3n) is 5.41. The van der Waals surface area contributed by atoms with E-state index in [0.717, 1.165) is 22.2 Å². The Balaban J connectivity index is 1.39. The van der Waals surface area contributed by atoms with Gasteiger partial charge in [-0.1, -0.05) is 30.3 Å². The number of hydrogen-bond donors (Lipinski definition) is 0. The lowest BCUT2D eigenvalue weighted by Gasteiger charge is -2.08. The molecule has 0 fully saturated rings. The van der Waals surface area contributed by atoms with Crippen molar-refractivity contribution in [2.24, 2.45) is 0 Å². The summed E-state index contributed by atoms with van der Waals surface area (Å²) >= 11 is 0. The molecule has 7 nitrogen and oxygen atoms in total. The molecule has 0 bridgehead atoms.